The Kier molecular flexibility index (Phi) is 7.91. The molecule has 1 atom stereocenters. The van der Waals surface area contributed by atoms with Gasteiger partial charge >= 0.3 is 0 Å². The van der Waals surface area contributed by atoms with Crippen molar-refractivity contribution in [3.05, 3.63) is 115 Å². The van der Waals surface area contributed by atoms with E-state index in [1.54, 1.807) is 28.8 Å². The Labute approximate surface area is 245 Å². The highest BCUT2D eigenvalue weighted by molar-refractivity contribution is 9.10. The Bertz CT molecular complexity index is 1590. The van der Waals surface area contributed by atoms with Crippen LogP contribution in [0.25, 0.3) is 0 Å². The maximum atomic E-state index is 15.2. The van der Waals surface area contributed by atoms with Crippen molar-refractivity contribution in [1.29, 1.82) is 5.26 Å². The van der Waals surface area contributed by atoms with E-state index >= 15 is 4.39 Å². The molecule has 1 aliphatic carbocycles. The van der Waals surface area contributed by atoms with Gasteiger partial charge in [-0.1, -0.05) is 39.7 Å². The molecule has 4 nitrogen and oxygen atoms in total. The summed E-state index contributed by atoms with van der Waals surface area (Å²) < 4.78 is 15.8. The first-order chi connectivity index (χ1) is 18.7. The molecule has 3 aromatic carbocycles. The number of halogens is 3. The normalized spacial score (nSPS) is 17.4. The van der Waals surface area contributed by atoms with Gasteiger partial charge in [0.1, 0.15) is 11.6 Å². The Morgan fingerprint density at radius 2 is 1.87 bits per heavy atom. The number of ketones is 1. The summed E-state index contributed by atoms with van der Waals surface area (Å²) in [6.45, 7) is 4.07. The third-order valence-corrected chi connectivity index (χ3v) is 9.11. The minimum Gasteiger partial charge on any atom is -0.384 e. The molecule has 8 heteroatoms. The molecule has 39 heavy (non-hydrogen) atoms. The summed E-state index contributed by atoms with van der Waals surface area (Å²) in [4.78, 5) is 16.2. The summed E-state index contributed by atoms with van der Waals surface area (Å²) in [5.74, 6) is -0.242. The quantitative estimate of drug-likeness (QED) is 0.289. The molecule has 2 N–H and O–H groups in total. The lowest BCUT2D eigenvalue weighted by Gasteiger charge is -2.40. The van der Waals surface area contributed by atoms with Gasteiger partial charge in [-0.15, -0.1) is 11.8 Å². The van der Waals surface area contributed by atoms with Crippen LogP contribution in [-0.4, -0.2) is 5.78 Å². The second kappa shape index (κ2) is 11.2. The van der Waals surface area contributed by atoms with Crippen molar-refractivity contribution in [2.24, 2.45) is 5.73 Å². The molecule has 1 aliphatic heterocycles. The van der Waals surface area contributed by atoms with Crippen LogP contribution in [-0.2, 0) is 10.5 Å². The topological polar surface area (TPSA) is 70.1 Å². The van der Waals surface area contributed by atoms with Crippen LogP contribution in [0.3, 0.4) is 0 Å². The van der Waals surface area contributed by atoms with E-state index in [9.17, 15) is 10.1 Å². The number of nitrogens with two attached hydrogens (primary N) is 1. The van der Waals surface area contributed by atoms with Crippen molar-refractivity contribution < 1.29 is 9.18 Å². The van der Waals surface area contributed by atoms with E-state index in [1.807, 2.05) is 31.2 Å². The van der Waals surface area contributed by atoms with Gasteiger partial charge in [0.2, 0.25) is 0 Å². The maximum absolute atomic E-state index is 15.2. The van der Waals surface area contributed by atoms with Crippen LogP contribution < -0.4 is 10.6 Å². The maximum Gasteiger partial charge on any atom is 0.161 e. The minimum atomic E-state index is -0.604. The lowest BCUT2D eigenvalue weighted by Crippen LogP contribution is -2.39. The Morgan fingerprint density at radius 3 is 2.56 bits per heavy atom. The largest absolute Gasteiger partial charge is 0.384 e. The van der Waals surface area contributed by atoms with Crippen molar-refractivity contribution in [1.82, 2.24) is 0 Å². The third-order valence-electron chi connectivity index (χ3n) is 7.31. The highest BCUT2D eigenvalue weighted by Crippen LogP contribution is 2.48. The monoisotopic (exact) mass is 621 g/mol. The van der Waals surface area contributed by atoms with E-state index in [4.69, 9.17) is 17.3 Å². The molecule has 0 bridgehead atoms. The minimum absolute atomic E-state index is 0.0268. The van der Waals surface area contributed by atoms with Crippen molar-refractivity contribution in [2.45, 2.75) is 49.7 Å². The zero-order valence-corrected chi connectivity index (χ0v) is 24.7. The van der Waals surface area contributed by atoms with Crippen LogP contribution in [0.1, 0.15) is 47.4 Å². The molecule has 3 aromatic rings. The molecule has 1 unspecified atom stereocenters. The molecule has 0 saturated carbocycles. The van der Waals surface area contributed by atoms with Crippen LogP contribution in [0, 0.1) is 31.0 Å². The van der Waals surface area contributed by atoms with Gasteiger partial charge in [-0.3, -0.25) is 9.69 Å². The van der Waals surface area contributed by atoms with Crippen LogP contribution >= 0.6 is 39.3 Å². The zero-order valence-electron chi connectivity index (χ0n) is 21.5. The Balaban J connectivity index is 1.63. The number of carbonyl (C=O) groups excluding carboxylic acids is 1. The standard InChI is InChI=1S/C31H26BrClFN3OS/c1-17-12-18(2)23(13-19(17)16-39-22-9-7-21(33)8-10-22)29-24(15-35)31(36)37(26-11-6-20(32)14-25(26)34)27-4-3-5-28(38)30(27)29/h6-14,29H,3-5,16,36H2,1-2H3. The average molecular weight is 623 g/mol. The summed E-state index contributed by atoms with van der Waals surface area (Å²) in [6, 6.07) is 18.9. The Morgan fingerprint density at radius 1 is 1.13 bits per heavy atom. The molecule has 0 spiro atoms. The lowest BCUT2D eigenvalue weighted by atomic mass is 9.74. The molecule has 5 rings (SSSR count). The van der Waals surface area contributed by atoms with E-state index in [1.165, 1.54) is 6.07 Å². The number of hydrogen-bond acceptors (Lipinski definition) is 5. The molecular formula is C31H26BrClFN3OS. The van der Waals surface area contributed by atoms with Crippen molar-refractivity contribution in [3.63, 3.8) is 0 Å². The molecule has 1 heterocycles. The summed E-state index contributed by atoms with van der Waals surface area (Å²) >= 11 is 11.0. The average Bonchev–Trinajstić information content (AvgIpc) is 2.90. The van der Waals surface area contributed by atoms with E-state index in [0.717, 1.165) is 27.1 Å². The predicted octanol–water partition coefficient (Wildman–Crippen LogP) is 8.46. The number of anilines is 1. The number of hydrogen-bond donors (Lipinski definition) is 1. The summed E-state index contributed by atoms with van der Waals surface area (Å²) in [5, 5.41) is 11.1. The third kappa shape index (κ3) is 5.26. The fourth-order valence-electron chi connectivity index (χ4n) is 5.41. The van der Waals surface area contributed by atoms with E-state index in [2.05, 4.69) is 41.1 Å². The fraction of sp³-hybridized carbons (Fsp3) is 0.226. The van der Waals surface area contributed by atoms with Crippen LogP contribution in [0.4, 0.5) is 10.1 Å². The number of nitrogens with zero attached hydrogens (tertiary/aromatic N) is 2. The van der Waals surface area contributed by atoms with Gasteiger partial charge in [-0.05, 0) is 91.4 Å². The van der Waals surface area contributed by atoms with Gasteiger partial charge in [-0.25, -0.2) is 4.39 Å². The van der Waals surface area contributed by atoms with Crippen molar-refractivity contribution in [3.8, 4) is 6.07 Å². The SMILES string of the molecule is Cc1cc(C)c(C2C(C#N)=C(N)N(c3ccc(Br)cc3F)C3=C2C(=O)CCC3)cc1CSc1ccc(Cl)cc1. The van der Waals surface area contributed by atoms with Crippen LogP contribution in [0.15, 0.2) is 86.6 Å². The van der Waals surface area contributed by atoms with Gasteiger partial charge in [0.15, 0.2) is 5.78 Å². The second-order valence-electron chi connectivity index (χ2n) is 9.79. The summed E-state index contributed by atoms with van der Waals surface area (Å²) in [6.07, 6.45) is 1.59. The molecule has 0 saturated heterocycles. The lowest BCUT2D eigenvalue weighted by molar-refractivity contribution is -0.116. The number of aryl methyl sites for hydroxylation is 2. The summed E-state index contributed by atoms with van der Waals surface area (Å²) in [7, 11) is 0. The molecule has 0 fully saturated rings. The summed E-state index contributed by atoms with van der Waals surface area (Å²) in [5.41, 5.74) is 12.5. The zero-order chi connectivity index (χ0) is 27.8. The fourth-order valence-corrected chi connectivity index (χ4v) is 6.83. The molecular weight excluding hydrogens is 597 g/mol. The predicted molar refractivity (Wildman–Crippen MR) is 159 cm³/mol. The number of Topliss-reactive ketones (excluding diaryl/α,β-unsaturated/α-hetero) is 1. The number of thioether (sulfide) groups is 1. The molecule has 2 aliphatic rings. The van der Waals surface area contributed by atoms with Gasteiger partial charge in [0, 0.05) is 37.8 Å². The van der Waals surface area contributed by atoms with E-state index < -0.39 is 11.7 Å². The second-order valence-corrected chi connectivity index (χ2v) is 12.2. The van der Waals surface area contributed by atoms with Gasteiger partial charge in [0.25, 0.3) is 0 Å². The Hall–Kier alpha value is -3.05. The highest BCUT2D eigenvalue weighted by atomic mass is 79.9. The molecule has 0 radical (unpaired) electrons. The van der Waals surface area contributed by atoms with Gasteiger partial charge < -0.3 is 5.73 Å². The van der Waals surface area contributed by atoms with Gasteiger partial charge in [-0.2, -0.15) is 5.26 Å². The number of nitriles is 1. The molecule has 0 aromatic heterocycles. The number of benzene rings is 3. The number of carbonyl (C=O) groups is 1. The van der Waals surface area contributed by atoms with E-state index in [-0.39, 0.29) is 22.9 Å². The number of allylic oxidation sites excluding steroid dienone is 3. The number of rotatable bonds is 5. The van der Waals surface area contributed by atoms with Crippen LogP contribution in [0.2, 0.25) is 5.02 Å². The van der Waals surface area contributed by atoms with Gasteiger partial charge in [0.05, 0.1) is 23.2 Å². The first-order valence-corrected chi connectivity index (χ1v) is 14.7. The van der Waals surface area contributed by atoms with E-state index in [0.29, 0.717) is 45.8 Å². The highest BCUT2D eigenvalue weighted by Gasteiger charge is 2.41. The molecule has 198 valence electrons. The smallest absolute Gasteiger partial charge is 0.161 e. The van der Waals surface area contributed by atoms with Crippen LogP contribution in [0.5, 0.6) is 0 Å². The molecule has 0 amide bonds. The first kappa shape index (κ1) is 27.5. The van der Waals surface area contributed by atoms with Crippen molar-refractivity contribution >= 4 is 50.8 Å². The first-order valence-electron chi connectivity index (χ1n) is 12.6. The van der Waals surface area contributed by atoms with Crippen molar-refractivity contribution in [2.75, 3.05) is 4.90 Å².